The number of nitrogens with zero attached hydrogens (tertiary/aromatic N) is 4. The van der Waals surface area contributed by atoms with Gasteiger partial charge in [-0.2, -0.15) is 0 Å². The van der Waals surface area contributed by atoms with E-state index in [1.165, 1.54) is 29.9 Å². The fraction of sp³-hybridized carbons (Fsp3) is 0.612. The van der Waals surface area contributed by atoms with Gasteiger partial charge < -0.3 is 91.4 Å². The fourth-order valence-corrected chi connectivity index (χ4v) is 8.89. The number of carbonyl (C=O) groups is 12. The van der Waals surface area contributed by atoms with Gasteiger partial charge in [-0.15, -0.1) is 0 Å². The van der Waals surface area contributed by atoms with Crippen molar-refractivity contribution in [3.63, 3.8) is 0 Å². The van der Waals surface area contributed by atoms with Crippen LogP contribution in [0.25, 0.3) is 0 Å². The number of rotatable bonds is 20. The maximum Gasteiger partial charge on any atom is 0.245 e. The Morgan fingerprint density at radius 3 is 1.62 bits per heavy atom. The lowest BCUT2D eigenvalue weighted by Crippen LogP contribution is -2.61. The van der Waals surface area contributed by atoms with Gasteiger partial charge in [-0.1, -0.05) is 20.3 Å². The minimum absolute atomic E-state index is 0.0393. The van der Waals surface area contributed by atoms with Crippen molar-refractivity contribution in [1.29, 1.82) is 0 Å². The number of primary amides is 2. The third-order valence-electron chi connectivity index (χ3n) is 13.5. The second-order valence-electron chi connectivity index (χ2n) is 19.8. The van der Waals surface area contributed by atoms with Crippen LogP contribution in [0.2, 0.25) is 0 Å². The first-order valence-corrected chi connectivity index (χ1v) is 26.8. The molecule has 0 radical (unpaired) electrons. The number of imidazole rings is 2. The van der Waals surface area contributed by atoms with Crippen molar-refractivity contribution in [2.45, 2.75) is 152 Å². The van der Waals surface area contributed by atoms with Crippen molar-refractivity contribution in [1.82, 2.24) is 72.7 Å². The van der Waals surface area contributed by atoms with Crippen LogP contribution < -0.4 is 76.5 Å². The molecule has 0 saturated carbocycles. The van der Waals surface area contributed by atoms with E-state index in [4.69, 9.17) is 28.7 Å². The highest BCUT2D eigenvalue weighted by molar-refractivity contribution is 5.99. The molecule has 4 heterocycles. The molecule has 2 aliphatic rings. The van der Waals surface area contributed by atoms with Crippen LogP contribution in [-0.2, 0) is 70.4 Å². The number of hydrogen-bond acceptors (Lipinski definition) is 16. The minimum Gasteiger partial charge on any atom is -0.370 e. The maximum atomic E-state index is 14.7. The lowest BCUT2D eigenvalue weighted by molar-refractivity contribution is -0.143. The number of aliphatic imine (C=N–C) groups is 1. The van der Waals surface area contributed by atoms with Gasteiger partial charge in [-0.05, 0) is 70.3 Å². The number of aromatic nitrogens is 4. The molecule has 32 heteroatoms. The Morgan fingerprint density at radius 2 is 1.09 bits per heavy atom. The average Bonchev–Trinajstić information content (AvgIpc) is 4.26. The number of nitrogens with two attached hydrogens (primary N) is 5. The zero-order valence-corrected chi connectivity index (χ0v) is 45.5. The van der Waals surface area contributed by atoms with Gasteiger partial charge in [0.25, 0.3) is 0 Å². The van der Waals surface area contributed by atoms with E-state index in [9.17, 15) is 57.5 Å². The van der Waals surface area contributed by atoms with Gasteiger partial charge in [0.1, 0.15) is 48.3 Å². The van der Waals surface area contributed by atoms with Crippen molar-refractivity contribution >= 4 is 76.8 Å². The number of H-pyrrole nitrogens is 2. The molecular formula is C49H78N20O12. The summed E-state index contributed by atoms with van der Waals surface area (Å²) in [6.45, 7) is 2.25. The van der Waals surface area contributed by atoms with Crippen molar-refractivity contribution in [3.05, 3.63) is 36.4 Å². The summed E-state index contributed by atoms with van der Waals surface area (Å²) < 4.78 is 0. The number of fused-ring (bicyclic) bond motifs is 1. The van der Waals surface area contributed by atoms with E-state index in [1.54, 1.807) is 13.8 Å². The molecular weight excluding hydrogens is 1060 g/mol. The van der Waals surface area contributed by atoms with Crippen molar-refractivity contribution in [3.8, 4) is 0 Å². The molecule has 0 unspecified atom stereocenters. The third kappa shape index (κ3) is 21.8. The number of amides is 12. The molecule has 0 bridgehead atoms. The molecule has 446 valence electrons. The Balaban J connectivity index is 1.78. The normalized spacial score (nSPS) is 24.1. The molecule has 12 amide bonds. The number of carbonyl (C=O) groups excluding carboxylic acids is 12. The van der Waals surface area contributed by atoms with E-state index in [-0.39, 0.29) is 70.5 Å². The predicted octanol–water partition coefficient (Wildman–Crippen LogP) is -6.69. The molecule has 81 heavy (non-hydrogen) atoms. The van der Waals surface area contributed by atoms with Crippen LogP contribution in [0.1, 0.15) is 102 Å². The fourth-order valence-electron chi connectivity index (χ4n) is 8.89. The summed E-state index contributed by atoms with van der Waals surface area (Å²) in [5.74, 6) is -11.2. The summed E-state index contributed by atoms with van der Waals surface area (Å²) in [4.78, 5) is 184. The number of nitrogens with one attached hydrogen (secondary N) is 11. The minimum atomic E-state index is -1.56. The van der Waals surface area contributed by atoms with E-state index in [0.29, 0.717) is 37.1 Å². The second-order valence-corrected chi connectivity index (χ2v) is 19.8. The van der Waals surface area contributed by atoms with Crippen molar-refractivity contribution in [2.75, 3.05) is 32.7 Å². The molecule has 0 spiro atoms. The molecule has 4 rings (SSSR count). The van der Waals surface area contributed by atoms with Crippen LogP contribution >= 0.6 is 0 Å². The van der Waals surface area contributed by atoms with Crippen LogP contribution in [0.15, 0.2) is 30.0 Å². The maximum absolute atomic E-state index is 14.7. The summed E-state index contributed by atoms with van der Waals surface area (Å²) in [6.07, 6.45) is 5.12. The van der Waals surface area contributed by atoms with Crippen LogP contribution in [0.3, 0.4) is 0 Å². The summed E-state index contributed by atoms with van der Waals surface area (Å²) in [5.41, 5.74) is 28.4. The molecule has 32 nitrogen and oxygen atoms in total. The van der Waals surface area contributed by atoms with E-state index in [0.717, 1.165) is 0 Å². The second kappa shape index (κ2) is 33.0. The highest BCUT2D eigenvalue weighted by Crippen LogP contribution is 2.21. The molecule has 2 aromatic heterocycles. The van der Waals surface area contributed by atoms with E-state index >= 15 is 0 Å². The molecule has 0 aliphatic carbocycles. The lowest BCUT2D eigenvalue weighted by Gasteiger charge is -2.32. The van der Waals surface area contributed by atoms with Crippen LogP contribution in [0, 0.1) is 5.92 Å². The molecule has 21 N–H and O–H groups in total. The third-order valence-corrected chi connectivity index (χ3v) is 13.5. The Hall–Kier alpha value is -8.71. The zero-order chi connectivity index (χ0) is 59.6. The van der Waals surface area contributed by atoms with Gasteiger partial charge in [-0.25, -0.2) is 9.97 Å². The van der Waals surface area contributed by atoms with Crippen molar-refractivity contribution in [2.24, 2.45) is 39.6 Å². The van der Waals surface area contributed by atoms with Crippen LogP contribution in [0.4, 0.5) is 0 Å². The monoisotopic (exact) mass is 1140 g/mol. The molecule has 2 aromatic rings. The van der Waals surface area contributed by atoms with E-state index in [1.807, 2.05) is 0 Å². The summed E-state index contributed by atoms with van der Waals surface area (Å²) in [5, 5.41) is 23.0. The first kappa shape index (κ1) is 64.8. The summed E-state index contributed by atoms with van der Waals surface area (Å²) in [7, 11) is 0. The van der Waals surface area contributed by atoms with Crippen LogP contribution in [-0.4, -0.2) is 183 Å². The zero-order valence-electron chi connectivity index (χ0n) is 45.5. The smallest absolute Gasteiger partial charge is 0.245 e. The predicted molar refractivity (Wildman–Crippen MR) is 288 cm³/mol. The van der Waals surface area contributed by atoms with Crippen LogP contribution in [0.5, 0.6) is 0 Å². The summed E-state index contributed by atoms with van der Waals surface area (Å²) >= 11 is 0. The number of guanidine groups is 1. The van der Waals surface area contributed by atoms with Gasteiger partial charge in [0.2, 0.25) is 70.9 Å². The number of hydrogen-bond donors (Lipinski definition) is 16. The molecule has 9 atom stereocenters. The number of unbranched alkanes of at least 4 members (excludes halogenated alkanes) is 1. The Labute approximate surface area is 466 Å². The molecule has 0 aromatic carbocycles. The Bertz CT molecular complexity index is 2520. The van der Waals surface area contributed by atoms with Gasteiger partial charge in [0, 0.05) is 62.6 Å². The lowest BCUT2D eigenvalue weighted by atomic mass is 9.96. The molecule has 2 aliphatic heterocycles. The average molecular weight is 1140 g/mol. The SMILES string of the molecule is CC[C@H](C)[C@@H]1NC(=O)[C@H](CCCN=C(N)N)NC(=O)CNC(=O)[C@H](Cc2cnc[nH]2)NC(=O)[C@H](CCC(N)=O)NC(=O)CNC(=O)[C@H](CCC(N)=O)NC(=O)[C@H](Cc2cnc[nH]2)NC(=O)[C@H]2CCCN2C(=O)[C@H](CCCCN)NC1=O. The van der Waals surface area contributed by atoms with Gasteiger partial charge in [-0.3, -0.25) is 62.5 Å². The number of aromatic amines is 2. The van der Waals surface area contributed by atoms with E-state index < -0.39 is 157 Å². The molecule has 2 fully saturated rings. The standard InChI is InChI=1S/C49H78N20O12/c1-3-26(2)40-47(80)65-32(8-4-5-15-50)48(81)69-17-7-10-35(69)46(79)67-34(19-28-21-56-25-61-28)45(78)64-30(11-13-36(51)70)41(74)58-22-39(73)63-31(12-14-37(52)71)43(76)66-33(18-27-20-55-24-60-27)42(75)59-23-38(72)62-29(44(77)68-40)9-6-16-57-49(53)54/h20-21,24-26,29-35,40H,3-19,22-23,50H2,1-2H3,(H2,51,70)(H2,52,71)(H,55,60)(H,56,61)(H,58,74)(H,59,75)(H,62,72)(H,63,73)(H,64,78)(H,65,80)(H,66,76)(H,67,79)(H,68,77)(H4,53,54,57)/t26-,29-,30-,31-,32-,33-,34-,35+,40-/m0/s1. The Morgan fingerprint density at radius 1 is 0.605 bits per heavy atom. The first-order valence-electron chi connectivity index (χ1n) is 26.8. The van der Waals surface area contributed by atoms with Gasteiger partial charge >= 0.3 is 0 Å². The quantitative estimate of drug-likeness (QED) is 0.0333. The highest BCUT2D eigenvalue weighted by Gasteiger charge is 2.41. The topological polar surface area (TPSA) is 516 Å². The van der Waals surface area contributed by atoms with E-state index in [2.05, 4.69) is 72.8 Å². The first-order chi connectivity index (χ1) is 38.6. The van der Waals surface area contributed by atoms with Crippen molar-refractivity contribution < 1.29 is 57.5 Å². The van der Waals surface area contributed by atoms with Gasteiger partial charge in [0.15, 0.2) is 5.96 Å². The highest BCUT2D eigenvalue weighted by atomic mass is 16.2. The summed E-state index contributed by atoms with van der Waals surface area (Å²) in [6, 6.07) is -11.1. The largest absolute Gasteiger partial charge is 0.370 e. The Kier molecular flexibility index (Phi) is 26.4. The van der Waals surface area contributed by atoms with Gasteiger partial charge in [0.05, 0.1) is 25.7 Å². The molecule has 2 saturated heterocycles.